The Morgan fingerprint density at radius 2 is 1.90 bits per heavy atom. The molecular weight excluding hydrogens is 260 g/mol. The number of rotatable bonds is 6. The molecule has 1 aromatic carbocycles. The van der Waals surface area contributed by atoms with Crippen molar-refractivity contribution in [2.75, 3.05) is 6.54 Å². The molecular formula is C14H16N2O4. The summed E-state index contributed by atoms with van der Waals surface area (Å²) in [6.07, 6.45) is 2.28. The lowest BCUT2D eigenvalue weighted by atomic mass is 10.1. The van der Waals surface area contributed by atoms with E-state index in [4.69, 9.17) is 5.11 Å². The number of amides is 2. The number of carbonyl (C=O) groups is 3. The summed E-state index contributed by atoms with van der Waals surface area (Å²) in [7, 11) is 0. The normalized spacial score (nSPS) is 13.6. The van der Waals surface area contributed by atoms with E-state index < -0.39 is 5.97 Å². The zero-order valence-corrected chi connectivity index (χ0v) is 10.9. The minimum Gasteiger partial charge on any atom is -0.478 e. The molecule has 0 atom stereocenters. The summed E-state index contributed by atoms with van der Waals surface area (Å²) in [5, 5.41) is 14.3. The van der Waals surface area contributed by atoms with Crippen molar-refractivity contribution in [3.8, 4) is 0 Å². The average molecular weight is 276 g/mol. The molecule has 0 saturated heterocycles. The van der Waals surface area contributed by atoms with Crippen LogP contribution in [0.1, 0.15) is 40.0 Å². The standard InChI is InChI=1S/C14H16N2O4/c17-12(16-11-4-5-11)6-7-15-13(18)9-2-1-3-10(8-9)14(19)20/h1-3,8,11H,4-7H2,(H,15,18)(H,16,17)(H,19,20). The van der Waals surface area contributed by atoms with Crippen molar-refractivity contribution in [1.82, 2.24) is 10.6 Å². The van der Waals surface area contributed by atoms with Crippen LogP contribution in [0.5, 0.6) is 0 Å². The lowest BCUT2D eigenvalue weighted by molar-refractivity contribution is -0.121. The third-order valence-electron chi connectivity index (χ3n) is 2.95. The largest absolute Gasteiger partial charge is 0.478 e. The highest BCUT2D eigenvalue weighted by atomic mass is 16.4. The van der Waals surface area contributed by atoms with Crippen LogP contribution in [0.2, 0.25) is 0 Å². The predicted octanol–water partition coefficient (Wildman–Crippen LogP) is 0.783. The molecule has 2 amide bonds. The second-order valence-electron chi connectivity index (χ2n) is 4.73. The van der Waals surface area contributed by atoms with Crippen LogP contribution >= 0.6 is 0 Å². The fourth-order valence-electron chi connectivity index (χ4n) is 1.71. The first kappa shape index (κ1) is 14.0. The maximum Gasteiger partial charge on any atom is 0.335 e. The second kappa shape index (κ2) is 6.18. The van der Waals surface area contributed by atoms with Crippen molar-refractivity contribution >= 4 is 17.8 Å². The van der Waals surface area contributed by atoms with Gasteiger partial charge in [-0.1, -0.05) is 6.07 Å². The number of carboxylic acids is 1. The van der Waals surface area contributed by atoms with Gasteiger partial charge in [-0.25, -0.2) is 4.79 Å². The fraction of sp³-hybridized carbons (Fsp3) is 0.357. The fourth-order valence-corrected chi connectivity index (χ4v) is 1.71. The molecule has 0 spiro atoms. The van der Waals surface area contributed by atoms with Crippen LogP contribution in [0, 0.1) is 0 Å². The van der Waals surface area contributed by atoms with Crippen LogP contribution in [0.15, 0.2) is 24.3 Å². The highest BCUT2D eigenvalue weighted by Crippen LogP contribution is 2.18. The molecule has 0 unspecified atom stereocenters. The first-order chi connectivity index (χ1) is 9.56. The Balaban J connectivity index is 1.80. The van der Waals surface area contributed by atoms with Gasteiger partial charge in [0.05, 0.1) is 5.56 Å². The van der Waals surface area contributed by atoms with Crippen molar-refractivity contribution in [2.45, 2.75) is 25.3 Å². The predicted molar refractivity (Wildman–Crippen MR) is 71.5 cm³/mol. The van der Waals surface area contributed by atoms with Crippen LogP contribution in [-0.2, 0) is 4.79 Å². The molecule has 1 fully saturated rings. The molecule has 20 heavy (non-hydrogen) atoms. The maximum absolute atomic E-state index is 11.8. The van der Waals surface area contributed by atoms with E-state index in [1.54, 1.807) is 0 Å². The summed E-state index contributed by atoms with van der Waals surface area (Å²) >= 11 is 0. The van der Waals surface area contributed by atoms with Crippen molar-refractivity contribution in [1.29, 1.82) is 0 Å². The minimum absolute atomic E-state index is 0.0594. The Morgan fingerprint density at radius 1 is 1.20 bits per heavy atom. The van der Waals surface area contributed by atoms with E-state index in [0.29, 0.717) is 6.04 Å². The van der Waals surface area contributed by atoms with Gasteiger partial charge in [-0.2, -0.15) is 0 Å². The summed E-state index contributed by atoms with van der Waals surface area (Å²) < 4.78 is 0. The molecule has 0 heterocycles. The monoisotopic (exact) mass is 276 g/mol. The number of benzene rings is 1. The molecule has 6 heteroatoms. The van der Waals surface area contributed by atoms with E-state index in [2.05, 4.69) is 10.6 Å². The summed E-state index contributed by atoms with van der Waals surface area (Å²) in [6, 6.07) is 6.08. The smallest absolute Gasteiger partial charge is 0.335 e. The summed E-state index contributed by atoms with van der Waals surface area (Å²) in [5.41, 5.74) is 0.330. The lowest BCUT2D eigenvalue weighted by Crippen LogP contribution is -2.31. The van der Waals surface area contributed by atoms with E-state index in [1.165, 1.54) is 24.3 Å². The number of carbonyl (C=O) groups excluding carboxylic acids is 2. The Hall–Kier alpha value is -2.37. The molecule has 6 nitrogen and oxygen atoms in total. The van der Waals surface area contributed by atoms with Gasteiger partial charge in [0.1, 0.15) is 0 Å². The molecule has 1 aliphatic carbocycles. The molecule has 1 aliphatic rings. The maximum atomic E-state index is 11.8. The Labute approximate surface area is 116 Å². The molecule has 0 aliphatic heterocycles. The zero-order valence-electron chi connectivity index (χ0n) is 10.9. The van der Waals surface area contributed by atoms with Crippen molar-refractivity contribution in [2.24, 2.45) is 0 Å². The Morgan fingerprint density at radius 3 is 2.55 bits per heavy atom. The summed E-state index contributed by atoms with van der Waals surface area (Å²) in [6.45, 7) is 0.231. The lowest BCUT2D eigenvalue weighted by Gasteiger charge is -2.06. The second-order valence-corrected chi connectivity index (χ2v) is 4.73. The average Bonchev–Trinajstić information content (AvgIpc) is 3.22. The van der Waals surface area contributed by atoms with Gasteiger partial charge in [-0.05, 0) is 31.0 Å². The highest BCUT2D eigenvalue weighted by Gasteiger charge is 2.22. The van der Waals surface area contributed by atoms with Gasteiger partial charge in [-0.3, -0.25) is 9.59 Å². The van der Waals surface area contributed by atoms with E-state index in [9.17, 15) is 14.4 Å². The number of nitrogens with one attached hydrogen (secondary N) is 2. The number of hydrogen-bond donors (Lipinski definition) is 3. The molecule has 2 rings (SSSR count). The molecule has 0 radical (unpaired) electrons. The van der Waals surface area contributed by atoms with Crippen LogP contribution in [0.3, 0.4) is 0 Å². The molecule has 106 valence electrons. The molecule has 3 N–H and O–H groups in total. The van der Waals surface area contributed by atoms with Crippen molar-refractivity contribution in [3.05, 3.63) is 35.4 Å². The first-order valence-electron chi connectivity index (χ1n) is 6.47. The zero-order chi connectivity index (χ0) is 14.5. The van der Waals surface area contributed by atoms with E-state index >= 15 is 0 Å². The van der Waals surface area contributed by atoms with Crippen LogP contribution in [-0.4, -0.2) is 35.5 Å². The van der Waals surface area contributed by atoms with E-state index in [0.717, 1.165) is 12.8 Å². The number of aromatic carboxylic acids is 1. The summed E-state index contributed by atoms with van der Waals surface area (Å²) in [4.78, 5) is 34.0. The SMILES string of the molecule is O=C(CCNC(=O)c1cccc(C(=O)O)c1)NC1CC1. The Kier molecular flexibility index (Phi) is 4.34. The van der Waals surface area contributed by atoms with Gasteiger partial charge in [0.15, 0.2) is 0 Å². The first-order valence-corrected chi connectivity index (χ1v) is 6.47. The van der Waals surface area contributed by atoms with Crippen molar-refractivity contribution in [3.63, 3.8) is 0 Å². The molecule has 1 saturated carbocycles. The highest BCUT2D eigenvalue weighted by molar-refractivity contribution is 5.97. The Bertz CT molecular complexity index is 538. The van der Waals surface area contributed by atoms with Crippen LogP contribution in [0.4, 0.5) is 0 Å². The van der Waals surface area contributed by atoms with E-state index in [1.807, 2.05) is 0 Å². The molecule has 0 bridgehead atoms. The topological polar surface area (TPSA) is 95.5 Å². The number of carboxylic acid groups (broad SMARTS) is 1. The molecule has 1 aromatic rings. The van der Waals surface area contributed by atoms with Gasteiger partial charge in [-0.15, -0.1) is 0 Å². The third-order valence-corrected chi connectivity index (χ3v) is 2.95. The van der Waals surface area contributed by atoms with Crippen LogP contribution < -0.4 is 10.6 Å². The third kappa shape index (κ3) is 4.08. The quantitative estimate of drug-likeness (QED) is 0.715. The van der Waals surface area contributed by atoms with Gasteiger partial charge in [0.2, 0.25) is 5.91 Å². The van der Waals surface area contributed by atoms with Crippen LogP contribution in [0.25, 0.3) is 0 Å². The number of hydrogen-bond acceptors (Lipinski definition) is 3. The summed E-state index contributed by atoms with van der Waals surface area (Å²) in [5.74, 6) is -1.54. The van der Waals surface area contributed by atoms with Gasteiger partial charge in [0, 0.05) is 24.6 Å². The minimum atomic E-state index is -1.08. The van der Waals surface area contributed by atoms with E-state index in [-0.39, 0.29) is 35.9 Å². The molecule has 0 aromatic heterocycles. The van der Waals surface area contributed by atoms with Gasteiger partial charge in [0.25, 0.3) is 5.91 Å². The van der Waals surface area contributed by atoms with Gasteiger partial charge < -0.3 is 15.7 Å². The van der Waals surface area contributed by atoms with Gasteiger partial charge >= 0.3 is 5.97 Å². The van der Waals surface area contributed by atoms with Crippen molar-refractivity contribution < 1.29 is 19.5 Å².